The van der Waals surface area contributed by atoms with Crippen LogP contribution in [0.2, 0.25) is 0 Å². The molecule has 0 unspecified atom stereocenters. The first-order valence-corrected chi connectivity index (χ1v) is 4.88. The Labute approximate surface area is 64.6 Å². The molecule has 1 aliphatic carbocycles. The molecule has 11 heavy (non-hydrogen) atoms. The minimum atomic E-state index is -3.70. The van der Waals surface area contributed by atoms with Gasteiger partial charge in [0.25, 0.3) is 0 Å². The highest BCUT2D eigenvalue weighted by Crippen LogP contribution is 2.33. The Morgan fingerprint density at radius 1 is 1.55 bits per heavy atom. The number of nitrogens with two attached hydrogens (primary N) is 1. The van der Waals surface area contributed by atoms with Gasteiger partial charge in [0, 0.05) is 0 Å². The standard InChI is InChI=1S/C5H9NO4S/c1-11(8,9)10-4(7)5(6)2-3-5/h2-3,6H2,1H3. The fraction of sp³-hybridized carbons (Fsp3) is 0.800. The summed E-state index contributed by atoms with van der Waals surface area (Å²) in [5, 5.41) is 0. The van der Waals surface area contributed by atoms with Gasteiger partial charge in [-0.3, -0.25) is 0 Å². The normalized spacial score (nSPS) is 20.9. The number of carbonyl (C=O) groups excluding carboxylic acids is 1. The van der Waals surface area contributed by atoms with Gasteiger partial charge >= 0.3 is 16.1 Å². The number of hydrogen-bond donors (Lipinski definition) is 1. The van der Waals surface area contributed by atoms with Crippen molar-refractivity contribution in [1.82, 2.24) is 0 Å². The summed E-state index contributed by atoms with van der Waals surface area (Å²) in [6.07, 6.45) is 1.82. The Balaban J connectivity index is 2.59. The second-order valence-corrected chi connectivity index (χ2v) is 4.31. The van der Waals surface area contributed by atoms with Crippen LogP contribution in [0.15, 0.2) is 0 Å². The summed E-state index contributed by atoms with van der Waals surface area (Å²) in [6, 6.07) is 0. The van der Waals surface area contributed by atoms with E-state index in [0.717, 1.165) is 6.26 Å². The number of rotatable bonds is 2. The first kappa shape index (κ1) is 8.48. The van der Waals surface area contributed by atoms with Crippen molar-refractivity contribution in [1.29, 1.82) is 0 Å². The molecule has 0 bridgehead atoms. The van der Waals surface area contributed by atoms with E-state index in [1.807, 2.05) is 0 Å². The molecule has 1 aliphatic rings. The molecular formula is C5H9NO4S. The average Bonchev–Trinajstić information content (AvgIpc) is 2.44. The van der Waals surface area contributed by atoms with Gasteiger partial charge in [-0.1, -0.05) is 0 Å². The third-order valence-electron chi connectivity index (χ3n) is 1.42. The smallest absolute Gasteiger partial charge is 0.341 e. The lowest BCUT2D eigenvalue weighted by molar-refractivity contribution is -0.136. The topological polar surface area (TPSA) is 86.5 Å². The zero-order chi connectivity index (χ0) is 8.70. The van der Waals surface area contributed by atoms with Crippen LogP contribution in [0.3, 0.4) is 0 Å². The fourth-order valence-corrected chi connectivity index (χ4v) is 1.00. The van der Waals surface area contributed by atoms with Crippen molar-refractivity contribution >= 4 is 16.1 Å². The van der Waals surface area contributed by atoms with Crippen LogP contribution in [0.25, 0.3) is 0 Å². The van der Waals surface area contributed by atoms with E-state index < -0.39 is 21.6 Å². The second kappa shape index (κ2) is 2.18. The molecular weight excluding hydrogens is 170 g/mol. The Morgan fingerprint density at radius 2 is 2.00 bits per heavy atom. The lowest BCUT2D eigenvalue weighted by Crippen LogP contribution is -2.35. The van der Waals surface area contributed by atoms with Crippen molar-refractivity contribution in [3.05, 3.63) is 0 Å². The van der Waals surface area contributed by atoms with Crippen LogP contribution in [-0.4, -0.2) is 26.2 Å². The van der Waals surface area contributed by atoms with Crippen molar-refractivity contribution in [3.63, 3.8) is 0 Å². The maximum Gasteiger partial charge on any atom is 0.341 e. The van der Waals surface area contributed by atoms with Gasteiger partial charge in [-0.2, -0.15) is 8.42 Å². The molecule has 0 saturated heterocycles. The molecule has 6 heteroatoms. The summed E-state index contributed by atoms with van der Waals surface area (Å²) in [4.78, 5) is 10.8. The molecule has 64 valence electrons. The maximum atomic E-state index is 10.8. The summed E-state index contributed by atoms with van der Waals surface area (Å²) >= 11 is 0. The van der Waals surface area contributed by atoms with Gasteiger partial charge in [0.05, 0.1) is 6.26 Å². The average molecular weight is 179 g/mol. The fourth-order valence-electron chi connectivity index (χ4n) is 0.559. The van der Waals surface area contributed by atoms with Gasteiger partial charge in [0.1, 0.15) is 5.54 Å². The third-order valence-corrected chi connectivity index (χ3v) is 1.88. The predicted octanol–water partition coefficient (Wildman–Crippen LogP) is -1.02. The monoisotopic (exact) mass is 179 g/mol. The molecule has 0 heterocycles. The molecule has 0 atom stereocenters. The van der Waals surface area contributed by atoms with E-state index in [4.69, 9.17) is 5.73 Å². The van der Waals surface area contributed by atoms with Crippen LogP contribution in [-0.2, 0) is 19.1 Å². The van der Waals surface area contributed by atoms with E-state index in [1.54, 1.807) is 0 Å². The van der Waals surface area contributed by atoms with E-state index in [9.17, 15) is 13.2 Å². The molecule has 0 spiro atoms. The molecule has 0 aromatic heterocycles. The van der Waals surface area contributed by atoms with Gasteiger partial charge in [0.15, 0.2) is 0 Å². The Kier molecular flexibility index (Phi) is 1.68. The lowest BCUT2D eigenvalue weighted by atomic mass is 10.3. The molecule has 1 saturated carbocycles. The van der Waals surface area contributed by atoms with E-state index in [1.165, 1.54) is 0 Å². The zero-order valence-corrected chi connectivity index (χ0v) is 6.85. The minimum Gasteiger partial charge on any atom is -0.344 e. The molecule has 2 N–H and O–H groups in total. The van der Waals surface area contributed by atoms with Gasteiger partial charge < -0.3 is 9.92 Å². The van der Waals surface area contributed by atoms with E-state index in [-0.39, 0.29) is 0 Å². The van der Waals surface area contributed by atoms with Crippen molar-refractivity contribution in [3.8, 4) is 0 Å². The van der Waals surface area contributed by atoms with Crippen molar-refractivity contribution in [2.45, 2.75) is 18.4 Å². The van der Waals surface area contributed by atoms with E-state index in [0.29, 0.717) is 12.8 Å². The Hall–Kier alpha value is -0.620. The molecule has 1 fully saturated rings. The highest BCUT2D eigenvalue weighted by Gasteiger charge is 2.48. The highest BCUT2D eigenvalue weighted by molar-refractivity contribution is 7.86. The molecule has 0 radical (unpaired) electrons. The van der Waals surface area contributed by atoms with Crippen LogP contribution < -0.4 is 5.73 Å². The lowest BCUT2D eigenvalue weighted by Gasteiger charge is -2.05. The summed E-state index contributed by atoms with van der Waals surface area (Å²) in [6.45, 7) is 0. The largest absolute Gasteiger partial charge is 0.344 e. The molecule has 0 amide bonds. The van der Waals surface area contributed by atoms with Gasteiger partial charge in [-0.15, -0.1) is 0 Å². The predicted molar refractivity (Wildman–Crippen MR) is 37.1 cm³/mol. The van der Waals surface area contributed by atoms with Gasteiger partial charge in [-0.25, -0.2) is 4.79 Å². The first-order chi connectivity index (χ1) is 4.83. The van der Waals surface area contributed by atoms with Crippen LogP contribution >= 0.6 is 0 Å². The van der Waals surface area contributed by atoms with Gasteiger partial charge in [0.2, 0.25) is 0 Å². The number of carbonyl (C=O) groups is 1. The number of hydrogen-bond acceptors (Lipinski definition) is 5. The summed E-state index contributed by atoms with van der Waals surface area (Å²) in [5.74, 6) is -0.847. The summed E-state index contributed by atoms with van der Waals surface area (Å²) in [7, 11) is -3.70. The maximum absolute atomic E-state index is 10.8. The summed E-state index contributed by atoms with van der Waals surface area (Å²) < 4.78 is 24.9. The summed E-state index contributed by atoms with van der Waals surface area (Å²) in [5.41, 5.74) is 4.33. The van der Waals surface area contributed by atoms with Crippen LogP contribution in [0.4, 0.5) is 0 Å². The second-order valence-electron chi connectivity index (χ2n) is 2.73. The van der Waals surface area contributed by atoms with Gasteiger partial charge in [-0.05, 0) is 12.8 Å². The highest BCUT2D eigenvalue weighted by atomic mass is 32.2. The molecule has 0 aliphatic heterocycles. The van der Waals surface area contributed by atoms with Crippen molar-refractivity contribution in [2.24, 2.45) is 5.73 Å². The van der Waals surface area contributed by atoms with E-state index >= 15 is 0 Å². The molecule has 0 aromatic carbocycles. The van der Waals surface area contributed by atoms with Crippen LogP contribution in [0, 0.1) is 0 Å². The molecule has 5 nitrogen and oxygen atoms in total. The van der Waals surface area contributed by atoms with Crippen LogP contribution in [0.1, 0.15) is 12.8 Å². The SMILES string of the molecule is CS(=O)(=O)OC(=O)C1(N)CC1. The minimum absolute atomic E-state index is 0.501. The van der Waals surface area contributed by atoms with Crippen molar-refractivity contribution in [2.75, 3.05) is 6.26 Å². The molecule has 1 rings (SSSR count). The van der Waals surface area contributed by atoms with Crippen molar-refractivity contribution < 1.29 is 17.4 Å². The first-order valence-electron chi connectivity index (χ1n) is 3.06. The van der Waals surface area contributed by atoms with E-state index in [2.05, 4.69) is 4.18 Å². The molecule has 0 aromatic rings. The zero-order valence-electron chi connectivity index (χ0n) is 6.03. The third kappa shape index (κ3) is 2.16. The Bertz CT molecular complexity index is 277. The quantitative estimate of drug-likeness (QED) is 0.548. The van der Waals surface area contributed by atoms with Crippen LogP contribution in [0.5, 0.6) is 0 Å². The Morgan fingerprint density at radius 3 is 2.27 bits per heavy atom.